The van der Waals surface area contributed by atoms with Gasteiger partial charge in [-0.2, -0.15) is 10.2 Å². The number of thiophene rings is 1. The van der Waals surface area contributed by atoms with Gasteiger partial charge in [0.1, 0.15) is 5.69 Å². The van der Waals surface area contributed by atoms with Crippen LogP contribution in [0.25, 0.3) is 16.3 Å². The highest BCUT2D eigenvalue weighted by Crippen LogP contribution is 2.27. The number of nitrogens with zero attached hydrogens (tertiary/aromatic N) is 3. The van der Waals surface area contributed by atoms with Crippen molar-refractivity contribution in [3.05, 3.63) is 59.6 Å². The maximum atomic E-state index is 12.1. The molecule has 1 fully saturated rings. The number of amides is 1. The molecule has 2 aromatic heterocycles. The van der Waals surface area contributed by atoms with Gasteiger partial charge >= 0.3 is 0 Å². The standard InChI is InChI=1S/C20H20N4O3S/c1-20(26-9-10-27-20)12-18(25)22-21-13-15-14-24(16-6-3-2-4-7-16)23-19(15)17-8-5-11-28-17/h2-8,11,13-14H,9-10,12H2,1H3,(H,22,25)/b21-13-. The van der Waals surface area contributed by atoms with E-state index in [0.717, 1.165) is 21.8 Å². The smallest absolute Gasteiger partial charge is 0.245 e. The number of hydrogen-bond donors (Lipinski definition) is 1. The average molecular weight is 396 g/mol. The van der Waals surface area contributed by atoms with E-state index in [4.69, 9.17) is 14.6 Å². The summed E-state index contributed by atoms with van der Waals surface area (Å²) in [5.74, 6) is -1.14. The van der Waals surface area contributed by atoms with Crippen molar-refractivity contribution in [2.45, 2.75) is 19.1 Å². The third-order valence-corrected chi connectivity index (χ3v) is 5.17. The zero-order valence-corrected chi connectivity index (χ0v) is 16.2. The number of benzene rings is 1. The van der Waals surface area contributed by atoms with Gasteiger partial charge in [-0.1, -0.05) is 24.3 Å². The Morgan fingerprint density at radius 3 is 2.79 bits per heavy atom. The van der Waals surface area contributed by atoms with Gasteiger partial charge in [-0.05, 0) is 30.5 Å². The quantitative estimate of drug-likeness (QED) is 0.513. The molecular weight excluding hydrogens is 376 g/mol. The van der Waals surface area contributed by atoms with Gasteiger partial charge in [-0.15, -0.1) is 11.3 Å². The van der Waals surface area contributed by atoms with E-state index in [9.17, 15) is 4.79 Å². The molecular formula is C20H20N4O3S. The van der Waals surface area contributed by atoms with Gasteiger partial charge in [-0.25, -0.2) is 10.1 Å². The first-order chi connectivity index (χ1) is 13.6. The van der Waals surface area contributed by atoms with Crippen LogP contribution in [0.5, 0.6) is 0 Å². The van der Waals surface area contributed by atoms with Crippen molar-refractivity contribution in [1.82, 2.24) is 15.2 Å². The van der Waals surface area contributed by atoms with Crippen molar-refractivity contribution in [3.8, 4) is 16.3 Å². The van der Waals surface area contributed by atoms with Crippen molar-refractivity contribution in [2.24, 2.45) is 5.10 Å². The topological polar surface area (TPSA) is 77.7 Å². The number of hydrogen-bond acceptors (Lipinski definition) is 6. The second-order valence-corrected chi connectivity index (χ2v) is 7.44. The fraction of sp³-hybridized carbons (Fsp3) is 0.250. The number of aromatic nitrogens is 2. The summed E-state index contributed by atoms with van der Waals surface area (Å²) in [5.41, 5.74) is 5.12. The molecule has 1 saturated heterocycles. The van der Waals surface area contributed by atoms with Gasteiger partial charge in [0.25, 0.3) is 0 Å². The van der Waals surface area contributed by atoms with Crippen LogP contribution in [-0.4, -0.2) is 40.9 Å². The number of nitrogens with one attached hydrogen (secondary N) is 1. The van der Waals surface area contributed by atoms with Crippen molar-refractivity contribution < 1.29 is 14.3 Å². The molecule has 0 saturated carbocycles. The SMILES string of the molecule is CC1(CC(=O)N/N=C\c2cn(-c3ccccc3)nc2-c2cccs2)OCCO1. The second kappa shape index (κ2) is 8.05. The minimum absolute atomic E-state index is 0.0887. The second-order valence-electron chi connectivity index (χ2n) is 6.49. The Kier molecular flexibility index (Phi) is 5.34. The highest BCUT2D eigenvalue weighted by molar-refractivity contribution is 7.13. The average Bonchev–Trinajstić information content (AvgIpc) is 3.43. The van der Waals surface area contributed by atoms with Gasteiger partial charge < -0.3 is 9.47 Å². The molecule has 0 unspecified atom stereocenters. The predicted octanol–water partition coefficient (Wildman–Crippen LogP) is 3.20. The lowest BCUT2D eigenvalue weighted by Gasteiger charge is -2.20. The van der Waals surface area contributed by atoms with Crippen LogP contribution >= 0.6 is 11.3 Å². The van der Waals surface area contributed by atoms with Gasteiger partial charge in [0.2, 0.25) is 5.91 Å². The van der Waals surface area contributed by atoms with Gasteiger partial charge in [0, 0.05) is 11.8 Å². The highest BCUT2D eigenvalue weighted by atomic mass is 32.1. The van der Waals surface area contributed by atoms with Crippen molar-refractivity contribution in [3.63, 3.8) is 0 Å². The Labute approximate surface area is 166 Å². The Balaban J connectivity index is 1.52. The maximum Gasteiger partial charge on any atom is 0.245 e. The van der Waals surface area contributed by atoms with E-state index in [1.807, 2.05) is 54.0 Å². The van der Waals surface area contributed by atoms with Crippen LogP contribution in [0.4, 0.5) is 0 Å². The molecule has 4 rings (SSSR count). The monoisotopic (exact) mass is 396 g/mol. The largest absolute Gasteiger partial charge is 0.347 e. The van der Waals surface area contributed by atoms with Crippen LogP contribution < -0.4 is 5.43 Å². The number of carbonyl (C=O) groups is 1. The number of rotatable bonds is 6. The maximum absolute atomic E-state index is 12.1. The molecule has 28 heavy (non-hydrogen) atoms. The summed E-state index contributed by atoms with van der Waals surface area (Å²) in [6.07, 6.45) is 3.59. The zero-order chi connectivity index (χ0) is 19.4. The summed E-state index contributed by atoms with van der Waals surface area (Å²) >= 11 is 1.60. The van der Waals surface area contributed by atoms with Crippen LogP contribution in [0, 0.1) is 0 Å². The molecule has 0 aliphatic carbocycles. The first kappa shape index (κ1) is 18.5. The first-order valence-corrected chi connectivity index (χ1v) is 9.80. The van der Waals surface area contributed by atoms with Gasteiger partial charge in [0.15, 0.2) is 5.79 Å². The lowest BCUT2D eigenvalue weighted by atomic mass is 10.2. The molecule has 1 aromatic carbocycles. The van der Waals surface area contributed by atoms with Crippen molar-refractivity contribution in [2.75, 3.05) is 13.2 Å². The summed E-state index contributed by atoms with van der Waals surface area (Å²) in [7, 11) is 0. The number of para-hydroxylation sites is 1. The molecule has 0 bridgehead atoms. The van der Waals surface area contributed by atoms with E-state index < -0.39 is 5.79 Å². The number of carbonyl (C=O) groups excluding carboxylic acids is 1. The van der Waals surface area contributed by atoms with E-state index in [1.54, 1.807) is 29.2 Å². The van der Waals surface area contributed by atoms with Gasteiger partial charge in [0.05, 0.1) is 36.4 Å². The molecule has 144 valence electrons. The Morgan fingerprint density at radius 2 is 2.07 bits per heavy atom. The van der Waals surface area contributed by atoms with E-state index >= 15 is 0 Å². The summed E-state index contributed by atoms with van der Waals surface area (Å²) in [6, 6.07) is 13.8. The third kappa shape index (κ3) is 4.19. The third-order valence-electron chi connectivity index (χ3n) is 4.29. The Bertz CT molecular complexity index is 961. The molecule has 1 aliphatic heterocycles. The molecule has 7 nitrogen and oxygen atoms in total. The Hall–Kier alpha value is -2.81. The minimum Gasteiger partial charge on any atom is -0.347 e. The van der Waals surface area contributed by atoms with E-state index in [2.05, 4.69) is 10.5 Å². The summed E-state index contributed by atoms with van der Waals surface area (Å²) < 4.78 is 12.7. The van der Waals surface area contributed by atoms with Crippen LogP contribution in [0.2, 0.25) is 0 Å². The summed E-state index contributed by atoms with van der Waals surface area (Å²) in [4.78, 5) is 13.2. The number of hydrazone groups is 1. The summed E-state index contributed by atoms with van der Waals surface area (Å²) in [6.45, 7) is 2.74. The predicted molar refractivity (Wildman–Crippen MR) is 108 cm³/mol. The molecule has 0 atom stereocenters. The highest BCUT2D eigenvalue weighted by Gasteiger charge is 2.33. The molecule has 3 aromatic rings. The first-order valence-electron chi connectivity index (χ1n) is 8.92. The fourth-order valence-corrected chi connectivity index (χ4v) is 3.69. The number of ether oxygens (including phenoxy) is 2. The lowest BCUT2D eigenvalue weighted by Crippen LogP contribution is -2.33. The molecule has 3 heterocycles. The zero-order valence-electron chi connectivity index (χ0n) is 15.4. The minimum atomic E-state index is -0.875. The van der Waals surface area contributed by atoms with Crippen LogP contribution in [0.3, 0.4) is 0 Å². The molecule has 0 spiro atoms. The van der Waals surface area contributed by atoms with E-state index in [1.165, 1.54) is 0 Å². The lowest BCUT2D eigenvalue weighted by molar-refractivity contribution is -0.159. The van der Waals surface area contributed by atoms with Crippen LogP contribution in [0.1, 0.15) is 18.9 Å². The summed E-state index contributed by atoms with van der Waals surface area (Å²) in [5, 5.41) is 10.8. The van der Waals surface area contributed by atoms with Crippen molar-refractivity contribution in [1.29, 1.82) is 0 Å². The van der Waals surface area contributed by atoms with E-state index in [0.29, 0.717) is 13.2 Å². The Morgan fingerprint density at radius 1 is 1.29 bits per heavy atom. The van der Waals surface area contributed by atoms with Crippen LogP contribution in [-0.2, 0) is 14.3 Å². The normalized spacial score (nSPS) is 15.9. The fourth-order valence-electron chi connectivity index (χ4n) is 2.96. The molecule has 1 aliphatic rings. The van der Waals surface area contributed by atoms with E-state index in [-0.39, 0.29) is 12.3 Å². The molecule has 0 radical (unpaired) electrons. The van der Waals surface area contributed by atoms with Crippen molar-refractivity contribution >= 4 is 23.5 Å². The van der Waals surface area contributed by atoms with Crippen LogP contribution in [0.15, 0.2) is 59.1 Å². The molecule has 1 amide bonds. The molecule has 8 heteroatoms. The molecule has 1 N–H and O–H groups in total. The van der Waals surface area contributed by atoms with Gasteiger partial charge in [-0.3, -0.25) is 4.79 Å².